The van der Waals surface area contributed by atoms with Gasteiger partial charge in [0, 0.05) is 9.26 Å². The third-order valence-corrected chi connectivity index (χ3v) is 3.57. The molecule has 2 aromatic rings. The first kappa shape index (κ1) is 14.6. The molecule has 1 amide bonds. The zero-order valence-electron chi connectivity index (χ0n) is 10.8. The number of carbonyl (C=O) groups excluding carboxylic acids is 1. The summed E-state index contributed by atoms with van der Waals surface area (Å²) in [6, 6.07) is 14.7. The molecule has 0 saturated carbocycles. The van der Waals surface area contributed by atoms with Crippen LogP contribution in [0, 0.1) is 3.57 Å². The van der Waals surface area contributed by atoms with Crippen LogP contribution in [-0.2, 0) is 4.79 Å². The van der Waals surface area contributed by atoms with E-state index in [1.165, 1.54) is 0 Å². The van der Waals surface area contributed by atoms with E-state index in [0.29, 0.717) is 24.5 Å². The molecule has 20 heavy (non-hydrogen) atoms. The van der Waals surface area contributed by atoms with Crippen LogP contribution >= 0.6 is 22.6 Å². The fourth-order valence-electron chi connectivity index (χ4n) is 1.60. The molecule has 0 bridgehead atoms. The van der Waals surface area contributed by atoms with Gasteiger partial charge in [-0.25, -0.2) is 0 Å². The number of nitrogen functional groups attached to an aromatic ring is 1. The van der Waals surface area contributed by atoms with Crippen molar-refractivity contribution in [2.45, 2.75) is 6.42 Å². The predicted molar refractivity (Wildman–Crippen MR) is 88.8 cm³/mol. The molecule has 3 N–H and O–H groups in total. The lowest BCUT2D eigenvalue weighted by Gasteiger charge is -2.08. The number of hydrogen-bond acceptors (Lipinski definition) is 3. The minimum atomic E-state index is -0.0652. The van der Waals surface area contributed by atoms with E-state index in [1.807, 2.05) is 24.3 Å². The molecule has 0 aliphatic carbocycles. The summed E-state index contributed by atoms with van der Waals surface area (Å²) in [6.45, 7) is 0.333. The van der Waals surface area contributed by atoms with E-state index in [9.17, 15) is 4.79 Å². The number of nitrogens with two attached hydrogens (primary N) is 1. The summed E-state index contributed by atoms with van der Waals surface area (Å²) in [5, 5.41) is 2.86. The molecule has 0 aliphatic rings. The summed E-state index contributed by atoms with van der Waals surface area (Å²) in [5.74, 6) is 0.644. The second-order valence-electron chi connectivity index (χ2n) is 4.20. The minimum Gasteiger partial charge on any atom is -0.493 e. The number of benzene rings is 2. The number of rotatable bonds is 5. The Morgan fingerprint density at radius 2 is 1.85 bits per heavy atom. The third kappa shape index (κ3) is 4.41. The number of ether oxygens (including phenoxy) is 1. The Morgan fingerprint density at radius 3 is 2.55 bits per heavy atom. The molecule has 0 saturated heterocycles. The number of para-hydroxylation sites is 1. The topological polar surface area (TPSA) is 64.3 Å². The Kier molecular flexibility index (Phi) is 5.23. The van der Waals surface area contributed by atoms with Crippen molar-refractivity contribution in [1.82, 2.24) is 0 Å². The van der Waals surface area contributed by atoms with Gasteiger partial charge >= 0.3 is 0 Å². The highest BCUT2D eigenvalue weighted by atomic mass is 127. The molecule has 5 heteroatoms. The first-order valence-corrected chi connectivity index (χ1v) is 7.26. The zero-order valence-corrected chi connectivity index (χ0v) is 13.0. The van der Waals surface area contributed by atoms with Crippen molar-refractivity contribution >= 4 is 39.9 Å². The van der Waals surface area contributed by atoms with Crippen LogP contribution in [0.4, 0.5) is 11.4 Å². The average molecular weight is 382 g/mol. The Bertz CT molecular complexity index is 585. The van der Waals surface area contributed by atoms with E-state index in [4.69, 9.17) is 10.5 Å². The van der Waals surface area contributed by atoms with Crippen LogP contribution in [0.25, 0.3) is 0 Å². The number of hydrogen-bond donors (Lipinski definition) is 2. The largest absolute Gasteiger partial charge is 0.493 e. The molecule has 2 rings (SSSR count). The summed E-state index contributed by atoms with van der Waals surface area (Å²) in [7, 11) is 0. The monoisotopic (exact) mass is 382 g/mol. The first-order chi connectivity index (χ1) is 9.65. The highest BCUT2D eigenvalue weighted by molar-refractivity contribution is 14.1. The Balaban J connectivity index is 1.78. The maximum atomic E-state index is 11.8. The van der Waals surface area contributed by atoms with Crippen molar-refractivity contribution in [1.29, 1.82) is 0 Å². The number of anilines is 2. The van der Waals surface area contributed by atoms with E-state index < -0.39 is 0 Å². The van der Waals surface area contributed by atoms with Crippen LogP contribution in [0.1, 0.15) is 6.42 Å². The molecule has 0 aromatic heterocycles. The molecule has 0 spiro atoms. The molecule has 0 radical (unpaired) electrons. The number of halogens is 1. The molecular formula is C15H15IN2O2. The fourth-order valence-corrected chi connectivity index (χ4v) is 2.12. The quantitative estimate of drug-likeness (QED) is 0.616. The third-order valence-electron chi connectivity index (χ3n) is 2.63. The van der Waals surface area contributed by atoms with Crippen LogP contribution < -0.4 is 15.8 Å². The van der Waals surface area contributed by atoms with Crippen LogP contribution in [0.15, 0.2) is 48.5 Å². The van der Waals surface area contributed by atoms with E-state index in [1.54, 1.807) is 24.3 Å². The molecule has 0 heterocycles. The number of nitrogens with one attached hydrogen (secondary N) is 1. The maximum Gasteiger partial charge on any atom is 0.227 e. The summed E-state index contributed by atoms with van der Waals surface area (Å²) in [6.07, 6.45) is 0.301. The van der Waals surface area contributed by atoms with Crippen LogP contribution in [-0.4, -0.2) is 12.5 Å². The standard InChI is InChI=1S/C15H15IN2O2/c16-13-3-1-2-4-14(13)18-15(19)9-10-20-12-7-5-11(17)6-8-12/h1-8H,9-10,17H2,(H,18,19). The summed E-state index contributed by atoms with van der Waals surface area (Å²) in [5.41, 5.74) is 7.10. The lowest BCUT2D eigenvalue weighted by Crippen LogP contribution is -2.15. The fraction of sp³-hybridized carbons (Fsp3) is 0.133. The number of carbonyl (C=O) groups is 1. The van der Waals surface area contributed by atoms with Crippen LogP contribution in [0.3, 0.4) is 0 Å². The Labute approximate surface area is 131 Å². The van der Waals surface area contributed by atoms with Gasteiger partial charge in [0.1, 0.15) is 5.75 Å². The van der Waals surface area contributed by atoms with Crippen LogP contribution in [0.2, 0.25) is 0 Å². The molecule has 104 valence electrons. The predicted octanol–water partition coefficient (Wildman–Crippen LogP) is 3.28. The van der Waals surface area contributed by atoms with Crippen molar-refractivity contribution in [3.8, 4) is 5.75 Å². The second kappa shape index (κ2) is 7.14. The van der Waals surface area contributed by atoms with Crippen molar-refractivity contribution in [3.63, 3.8) is 0 Å². The van der Waals surface area contributed by atoms with Gasteiger partial charge in [-0.05, 0) is 59.0 Å². The lowest BCUT2D eigenvalue weighted by atomic mass is 10.3. The van der Waals surface area contributed by atoms with Crippen LogP contribution in [0.5, 0.6) is 5.75 Å². The highest BCUT2D eigenvalue weighted by Gasteiger charge is 2.05. The molecule has 0 atom stereocenters. The first-order valence-electron chi connectivity index (χ1n) is 6.18. The van der Waals surface area contributed by atoms with Crippen molar-refractivity contribution in [2.75, 3.05) is 17.7 Å². The Morgan fingerprint density at radius 1 is 1.15 bits per heavy atom. The second-order valence-corrected chi connectivity index (χ2v) is 5.36. The normalized spacial score (nSPS) is 10.1. The molecule has 0 unspecified atom stereocenters. The average Bonchev–Trinajstić information content (AvgIpc) is 2.44. The van der Waals surface area contributed by atoms with Gasteiger partial charge in [-0.2, -0.15) is 0 Å². The molecule has 4 nitrogen and oxygen atoms in total. The van der Waals surface area contributed by atoms with E-state index in [0.717, 1.165) is 9.26 Å². The molecule has 0 fully saturated rings. The van der Waals surface area contributed by atoms with E-state index >= 15 is 0 Å². The van der Waals surface area contributed by atoms with Gasteiger partial charge in [0.2, 0.25) is 5.91 Å². The van der Waals surface area contributed by atoms with Gasteiger partial charge < -0.3 is 15.8 Å². The lowest BCUT2D eigenvalue weighted by molar-refractivity contribution is -0.116. The SMILES string of the molecule is Nc1ccc(OCCC(=O)Nc2ccccc2I)cc1. The zero-order chi connectivity index (χ0) is 14.4. The van der Waals surface area contributed by atoms with Gasteiger partial charge in [-0.3, -0.25) is 4.79 Å². The summed E-state index contributed by atoms with van der Waals surface area (Å²) < 4.78 is 6.49. The van der Waals surface area contributed by atoms with Crippen molar-refractivity contribution in [2.24, 2.45) is 0 Å². The smallest absolute Gasteiger partial charge is 0.227 e. The molecular weight excluding hydrogens is 367 g/mol. The van der Waals surface area contributed by atoms with Crippen molar-refractivity contribution < 1.29 is 9.53 Å². The summed E-state index contributed by atoms with van der Waals surface area (Å²) in [4.78, 5) is 11.8. The minimum absolute atomic E-state index is 0.0652. The highest BCUT2D eigenvalue weighted by Crippen LogP contribution is 2.17. The molecule has 0 aliphatic heterocycles. The van der Waals surface area contributed by atoms with Gasteiger partial charge in [0.05, 0.1) is 18.7 Å². The van der Waals surface area contributed by atoms with Gasteiger partial charge in [0.15, 0.2) is 0 Å². The van der Waals surface area contributed by atoms with Gasteiger partial charge in [-0.15, -0.1) is 0 Å². The van der Waals surface area contributed by atoms with E-state index in [-0.39, 0.29) is 5.91 Å². The number of amides is 1. The van der Waals surface area contributed by atoms with Crippen molar-refractivity contribution in [3.05, 3.63) is 52.1 Å². The van der Waals surface area contributed by atoms with E-state index in [2.05, 4.69) is 27.9 Å². The van der Waals surface area contributed by atoms with Gasteiger partial charge in [0.25, 0.3) is 0 Å². The Hall–Kier alpha value is -1.76. The maximum absolute atomic E-state index is 11.8. The molecule has 2 aromatic carbocycles. The van der Waals surface area contributed by atoms with Gasteiger partial charge in [-0.1, -0.05) is 12.1 Å². The summed E-state index contributed by atoms with van der Waals surface area (Å²) >= 11 is 2.19.